The van der Waals surface area contributed by atoms with Crippen molar-refractivity contribution in [3.63, 3.8) is 0 Å². The lowest BCUT2D eigenvalue weighted by atomic mass is 9.73. The van der Waals surface area contributed by atoms with Crippen LogP contribution in [-0.2, 0) is 27.7 Å². The first-order valence-electron chi connectivity index (χ1n) is 9.97. The second-order valence-corrected chi connectivity index (χ2v) is 7.83. The highest BCUT2D eigenvalue weighted by Crippen LogP contribution is 2.54. The average molecular weight is 358 g/mol. The quantitative estimate of drug-likeness (QED) is 0.826. The van der Waals surface area contributed by atoms with Crippen molar-refractivity contribution in [1.29, 1.82) is 0 Å². The molecule has 4 aliphatic rings. The number of fused-ring (bicyclic) bond motifs is 4. The van der Waals surface area contributed by atoms with Crippen molar-refractivity contribution in [2.75, 3.05) is 26.3 Å². The second-order valence-electron chi connectivity index (χ2n) is 7.83. The maximum Gasteiger partial charge on any atom is 0.216 e. The summed E-state index contributed by atoms with van der Waals surface area (Å²) in [5.74, 6) is 1.65. The van der Waals surface area contributed by atoms with E-state index in [4.69, 9.17) is 9.47 Å². The molecule has 27 heavy (non-hydrogen) atoms. The largest absolute Gasteiger partial charge is 0.476 e. The summed E-state index contributed by atoms with van der Waals surface area (Å²) < 4.78 is 11.8. The minimum atomic E-state index is 0.0286. The van der Waals surface area contributed by atoms with E-state index in [1.165, 1.54) is 33.4 Å². The van der Waals surface area contributed by atoms with Gasteiger partial charge in [0.2, 0.25) is 11.8 Å². The molecule has 0 unspecified atom stereocenters. The Labute approximate surface area is 158 Å². The van der Waals surface area contributed by atoms with Crippen LogP contribution >= 0.6 is 0 Å². The maximum atomic E-state index is 5.89. The lowest BCUT2D eigenvalue weighted by Crippen LogP contribution is -2.27. The van der Waals surface area contributed by atoms with E-state index >= 15 is 0 Å². The molecule has 1 spiro atoms. The SMILES string of the molecule is c1cc2c(c(C3=NCCO3)c1)C1(CC2)CCc2cccc(C3=NCCO3)c21. The zero-order chi connectivity index (χ0) is 17.8. The number of aryl methyl sites for hydroxylation is 2. The Balaban J connectivity index is 1.60. The van der Waals surface area contributed by atoms with E-state index in [1.54, 1.807) is 0 Å². The fourth-order valence-corrected chi connectivity index (χ4v) is 5.55. The fourth-order valence-electron chi connectivity index (χ4n) is 5.55. The molecule has 4 heteroatoms. The first kappa shape index (κ1) is 15.4. The number of aliphatic imine (C=N–C) groups is 2. The van der Waals surface area contributed by atoms with E-state index in [9.17, 15) is 0 Å². The third-order valence-electron chi connectivity index (χ3n) is 6.53. The molecule has 0 aromatic heterocycles. The Hall–Kier alpha value is -2.62. The number of benzene rings is 2. The predicted octanol–water partition coefficient (Wildman–Crippen LogP) is 3.42. The molecule has 2 aliphatic heterocycles. The van der Waals surface area contributed by atoms with Crippen molar-refractivity contribution >= 4 is 11.8 Å². The van der Waals surface area contributed by atoms with Crippen molar-refractivity contribution in [3.8, 4) is 0 Å². The highest BCUT2D eigenvalue weighted by atomic mass is 16.5. The van der Waals surface area contributed by atoms with Crippen molar-refractivity contribution in [2.24, 2.45) is 9.98 Å². The van der Waals surface area contributed by atoms with Crippen LogP contribution in [-0.4, -0.2) is 38.1 Å². The van der Waals surface area contributed by atoms with Crippen LogP contribution in [0.3, 0.4) is 0 Å². The molecule has 136 valence electrons. The molecular formula is C23H22N2O2. The zero-order valence-electron chi connectivity index (χ0n) is 15.3. The number of nitrogens with zero attached hydrogens (tertiary/aromatic N) is 2. The van der Waals surface area contributed by atoms with E-state index in [2.05, 4.69) is 46.4 Å². The molecule has 2 aliphatic carbocycles. The molecule has 0 N–H and O–H groups in total. The summed E-state index contributed by atoms with van der Waals surface area (Å²) >= 11 is 0. The first-order chi connectivity index (χ1) is 13.4. The molecule has 4 nitrogen and oxygen atoms in total. The minimum Gasteiger partial charge on any atom is -0.476 e. The van der Waals surface area contributed by atoms with Gasteiger partial charge in [-0.1, -0.05) is 24.3 Å². The van der Waals surface area contributed by atoms with Gasteiger partial charge in [-0.25, -0.2) is 9.98 Å². The summed E-state index contributed by atoms with van der Waals surface area (Å²) in [7, 11) is 0. The topological polar surface area (TPSA) is 43.2 Å². The van der Waals surface area contributed by atoms with Gasteiger partial charge in [-0.3, -0.25) is 0 Å². The van der Waals surface area contributed by atoms with Gasteiger partial charge in [0.25, 0.3) is 0 Å². The van der Waals surface area contributed by atoms with Crippen molar-refractivity contribution < 1.29 is 9.47 Å². The monoisotopic (exact) mass is 358 g/mol. The lowest BCUT2D eigenvalue weighted by Gasteiger charge is -2.30. The highest BCUT2D eigenvalue weighted by Gasteiger charge is 2.48. The summed E-state index contributed by atoms with van der Waals surface area (Å²) in [5.41, 5.74) is 8.19. The minimum absolute atomic E-state index is 0.0286. The zero-order valence-corrected chi connectivity index (χ0v) is 15.3. The fraction of sp³-hybridized carbons (Fsp3) is 0.391. The number of hydrogen-bond donors (Lipinski definition) is 0. The van der Waals surface area contributed by atoms with Gasteiger partial charge in [0.1, 0.15) is 13.2 Å². The molecule has 0 saturated heterocycles. The van der Waals surface area contributed by atoms with Gasteiger partial charge in [-0.2, -0.15) is 0 Å². The van der Waals surface area contributed by atoms with E-state index in [0.717, 1.165) is 50.6 Å². The molecule has 6 rings (SSSR count). The molecule has 2 aromatic carbocycles. The van der Waals surface area contributed by atoms with Crippen LogP contribution in [0.2, 0.25) is 0 Å². The van der Waals surface area contributed by atoms with E-state index in [1.807, 2.05) is 0 Å². The summed E-state index contributed by atoms with van der Waals surface area (Å²) in [4.78, 5) is 9.28. The third kappa shape index (κ3) is 2.10. The Morgan fingerprint density at radius 1 is 0.704 bits per heavy atom. The van der Waals surface area contributed by atoms with Crippen molar-refractivity contribution in [2.45, 2.75) is 31.1 Å². The summed E-state index contributed by atoms with van der Waals surface area (Å²) in [6, 6.07) is 13.3. The standard InChI is InChI=1S/C23H22N2O2/c1-3-15-7-9-23(19(15)17(5-1)21-24-11-13-26-21)10-8-16-4-2-6-18(20(16)23)22-25-12-14-27-22/h1-6H,7-14H2. The van der Waals surface area contributed by atoms with Crippen LogP contribution in [0.5, 0.6) is 0 Å². The third-order valence-corrected chi connectivity index (χ3v) is 6.53. The molecular weight excluding hydrogens is 336 g/mol. The Bertz CT molecular complexity index is 924. The molecule has 0 amide bonds. The van der Waals surface area contributed by atoms with Gasteiger partial charge < -0.3 is 9.47 Å². The summed E-state index contributed by atoms with van der Waals surface area (Å²) in [6.45, 7) is 2.91. The molecule has 2 heterocycles. The molecule has 0 atom stereocenters. The van der Waals surface area contributed by atoms with Crippen LogP contribution in [0.25, 0.3) is 0 Å². The van der Waals surface area contributed by atoms with Gasteiger partial charge in [0.15, 0.2) is 0 Å². The molecule has 0 radical (unpaired) electrons. The van der Waals surface area contributed by atoms with Crippen LogP contribution in [0, 0.1) is 0 Å². The number of rotatable bonds is 2. The van der Waals surface area contributed by atoms with Gasteiger partial charge in [-0.15, -0.1) is 0 Å². The smallest absolute Gasteiger partial charge is 0.216 e. The van der Waals surface area contributed by atoms with Gasteiger partial charge in [-0.05, 0) is 60.1 Å². The van der Waals surface area contributed by atoms with Crippen LogP contribution in [0.4, 0.5) is 0 Å². The van der Waals surface area contributed by atoms with Crippen molar-refractivity contribution in [3.05, 3.63) is 69.8 Å². The predicted molar refractivity (Wildman–Crippen MR) is 105 cm³/mol. The van der Waals surface area contributed by atoms with E-state index in [-0.39, 0.29) is 5.41 Å². The molecule has 2 aromatic rings. The summed E-state index contributed by atoms with van der Waals surface area (Å²) in [5, 5.41) is 0. The molecule has 0 saturated carbocycles. The Morgan fingerprint density at radius 2 is 1.22 bits per heavy atom. The summed E-state index contributed by atoms with van der Waals surface area (Å²) in [6.07, 6.45) is 4.50. The van der Waals surface area contributed by atoms with E-state index in [0.29, 0.717) is 13.2 Å². The van der Waals surface area contributed by atoms with Crippen LogP contribution in [0.15, 0.2) is 46.4 Å². The molecule has 0 fully saturated rings. The first-order valence-corrected chi connectivity index (χ1v) is 9.97. The van der Waals surface area contributed by atoms with Gasteiger partial charge in [0.05, 0.1) is 13.1 Å². The number of ether oxygens (including phenoxy) is 2. The maximum absolute atomic E-state index is 5.89. The Morgan fingerprint density at radius 3 is 1.67 bits per heavy atom. The van der Waals surface area contributed by atoms with Crippen LogP contribution < -0.4 is 0 Å². The molecule has 0 bridgehead atoms. The number of hydrogen-bond acceptors (Lipinski definition) is 4. The highest BCUT2D eigenvalue weighted by molar-refractivity contribution is 6.00. The van der Waals surface area contributed by atoms with Gasteiger partial charge >= 0.3 is 0 Å². The lowest BCUT2D eigenvalue weighted by molar-refractivity contribution is 0.346. The normalized spacial score (nSPS) is 21.5. The Kier molecular flexibility index (Phi) is 3.25. The van der Waals surface area contributed by atoms with Crippen molar-refractivity contribution in [1.82, 2.24) is 0 Å². The second kappa shape index (κ2) is 5.69. The average Bonchev–Trinajstić information content (AvgIpc) is 3.51. The van der Waals surface area contributed by atoms with Crippen LogP contribution in [0.1, 0.15) is 46.2 Å². The van der Waals surface area contributed by atoms with E-state index < -0.39 is 0 Å². The van der Waals surface area contributed by atoms with Gasteiger partial charge in [0, 0.05) is 16.5 Å².